The number of likely N-dealkylation sites (tertiary alicyclic amines) is 1. The van der Waals surface area contributed by atoms with Crippen LogP contribution in [0.3, 0.4) is 0 Å². The SMILES string of the molecule is O=C1CC(N2CCC(Cc3ccccc3)CC2)C(=O)N1c1ccc(Cl)c(Cl)c1. The lowest BCUT2D eigenvalue weighted by Crippen LogP contribution is -2.46. The summed E-state index contributed by atoms with van der Waals surface area (Å²) in [4.78, 5) is 28.9. The molecule has 146 valence electrons. The first kappa shape index (κ1) is 19.4. The highest BCUT2D eigenvalue weighted by molar-refractivity contribution is 6.42. The van der Waals surface area contributed by atoms with Crippen molar-refractivity contribution < 1.29 is 9.59 Å². The average molecular weight is 417 g/mol. The van der Waals surface area contributed by atoms with E-state index in [2.05, 4.69) is 29.2 Å². The van der Waals surface area contributed by atoms with E-state index in [-0.39, 0.29) is 24.3 Å². The van der Waals surface area contributed by atoms with Gasteiger partial charge in [0.15, 0.2) is 0 Å². The van der Waals surface area contributed by atoms with Gasteiger partial charge in [0.25, 0.3) is 5.91 Å². The largest absolute Gasteiger partial charge is 0.292 e. The van der Waals surface area contributed by atoms with Gasteiger partial charge in [0.05, 0.1) is 28.2 Å². The van der Waals surface area contributed by atoms with E-state index in [4.69, 9.17) is 23.2 Å². The Morgan fingerprint density at radius 1 is 0.929 bits per heavy atom. The highest BCUT2D eigenvalue weighted by atomic mass is 35.5. The highest BCUT2D eigenvalue weighted by Crippen LogP contribution is 2.32. The molecule has 4 rings (SSSR count). The Kier molecular flexibility index (Phi) is 5.72. The van der Waals surface area contributed by atoms with E-state index in [1.165, 1.54) is 10.5 Å². The molecule has 4 nitrogen and oxygen atoms in total. The molecule has 6 heteroatoms. The number of carbonyl (C=O) groups excluding carboxylic acids is 2. The number of benzene rings is 2. The van der Waals surface area contributed by atoms with E-state index in [0.717, 1.165) is 32.4 Å². The minimum atomic E-state index is -0.375. The first-order chi connectivity index (χ1) is 13.5. The third-order valence-electron chi connectivity index (χ3n) is 5.74. The zero-order valence-corrected chi connectivity index (χ0v) is 17.0. The number of hydrogen-bond donors (Lipinski definition) is 0. The van der Waals surface area contributed by atoms with Crippen LogP contribution in [0, 0.1) is 5.92 Å². The lowest BCUT2D eigenvalue weighted by atomic mass is 9.89. The summed E-state index contributed by atoms with van der Waals surface area (Å²) in [6.07, 6.45) is 3.38. The van der Waals surface area contributed by atoms with Gasteiger partial charge in [0.1, 0.15) is 0 Å². The zero-order chi connectivity index (χ0) is 19.7. The summed E-state index contributed by atoms with van der Waals surface area (Å²) in [5, 5.41) is 0.742. The Bertz CT molecular complexity index is 879. The number of amides is 2. The summed E-state index contributed by atoms with van der Waals surface area (Å²) in [5.74, 6) is 0.279. The summed E-state index contributed by atoms with van der Waals surface area (Å²) in [6.45, 7) is 1.69. The Morgan fingerprint density at radius 3 is 2.32 bits per heavy atom. The molecule has 0 bridgehead atoms. The molecule has 2 aliphatic rings. The van der Waals surface area contributed by atoms with E-state index in [1.807, 2.05) is 6.07 Å². The number of carbonyl (C=O) groups is 2. The van der Waals surface area contributed by atoms with Gasteiger partial charge in [0.2, 0.25) is 5.91 Å². The second-order valence-corrected chi connectivity index (χ2v) is 8.37. The molecule has 0 saturated carbocycles. The molecule has 1 unspecified atom stereocenters. The summed E-state index contributed by atoms with van der Waals surface area (Å²) in [7, 11) is 0. The molecule has 2 amide bonds. The fourth-order valence-corrected chi connectivity index (χ4v) is 4.51. The van der Waals surface area contributed by atoms with Crippen molar-refractivity contribution in [3.8, 4) is 0 Å². The molecule has 2 aliphatic heterocycles. The molecule has 2 fully saturated rings. The fraction of sp³-hybridized carbons (Fsp3) is 0.364. The summed E-state index contributed by atoms with van der Waals surface area (Å²) < 4.78 is 0. The maximum absolute atomic E-state index is 13.0. The first-order valence-electron chi connectivity index (χ1n) is 9.63. The van der Waals surface area contributed by atoms with Crippen LogP contribution in [-0.2, 0) is 16.0 Å². The lowest BCUT2D eigenvalue weighted by molar-refractivity contribution is -0.123. The van der Waals surface area contributed by atoms with Gasteiger partial charge in [0, 0.05) is 0 Å². The molecule has 28 heavy (non-hydrogen) atoms. The van der Waals surface area contributed by atoms with Crippen molar-refractivity contribution in [2.75, 3.05) is 18.0 Å². The van der Waals surface area contributed by atoms with Crippen LogP contribution in [0.25, 0.3) is 0 Å². The van der Waals surface area contributed by atoms with Gasteiger partial charge in [-0.3, -0.25) is 14.5 Å². The standard InChI is InChI=1S/C22H22Cl2N2O2/c23-18-7-6-17(13-19(18)24)26-21(27)14-20(22(26)28)25-10-8-16(9-11-25)12-15-4-2-1-3-5-15/h1-7,13,16,20H,8-12,14H2. The number of nitrogens with zero attached hydrogens (tertiary/aromatic N) is 2. The van der Waals surface area contributed by atoms with Crippen molar-refractivity contribution in [1.82, 2.24) is 4.90 Å². The van der Waals surface area contributed by atoms with Gasteiger partial charge in [-0.25, -0.2) is 4.90 Å². The van der Waals surface area contributed by atoms with Gasteiger partial charge in [-0.15, -0.1) is 0 Å². The van der Waals surface area contributed by atoms with Crippen molar-refractivity contribution in [2.45, 2.75) is 31.7 Å². The predicted octanol–water partition coefficient (Wildman–Crippen LogP) is 4.58. The van der Waals surface area contributed by atoms with Crippen LogP contribution in [0.1, 0.15) is 24.8 Å². The molecular formula is C22H22Cl2N2O2. The van der Waals surface area contributed by atoms with Crippen LogP contribution >= 0.6 is 23.2 Å². The Morgan fingerprint density at radius 2 is 1.64 bits per heavy atom. The topological polar surface area (TPSA) is 40.6 Å². The maximum Gasteiger partial charge on any atom is 0.251 e. The van der Waals surface area contributed by atoms with E-state index < -0.39 is 0 Å². The van der Waals surface area contributed by atoms with Gasteiger partial charge in [-0.2, -0.15) is 0 Å². The van der Waals surface area contributed by atoms with Gasteiger partial charge >= 0.3 is 0 Å². The quantitative estimate of drug-likeness (QED) is 0.684. The first-order valence-corrected chi connectivity index (χ1v) is 10.4. The molecule has 0 spiro atoms. The third kappa shape index (κ3) is 3.95. The number of halogens is 2. The normalized spacial score (nSPS) is 21.5. The molecule has 2 heterocycles. The number of anilines is 1. The number of piperidine rings is 1. The van der Waals surface area contributed by atoms with Crippen molar-refractivity contribution in [3.63, 3.8) is 0 Å². The summed E-state index contributed by atoms with van der Waals surface area (Å²) in [5.41, 5.74) is 1.85. The fourth-order valence-electron chi connectivity index (χ4n) is 4.21. The number of imide groups is 1. The van der Waals surface area contributed by atoms with Gasteiger partial charge in [-0.05, 0) is 62.0 Å². The van der Waals surface area contributed by atoms with E-state index in [1.54, 1.807) is 18.2 Å². The average Bonchev–Trinajstić information content (AvgIpc) is 3.00. The highest BCUT2D eigenvalue weighted by Gasteiger charge is 2.43. The van der Waals surface area contributed by atoms with Crippen LogP contribution in [0.4, 0.5) is 5.69 Å². The minimum absolute atomic E-state index is 0.162. The minimum Gasteiger partial charge on any atom is -0.292 e. The van der Waals surface area contributed by atoms with Crippen molar-refractivity contribution in [2.24, 2.45) is 5.92 Å². The molecule has 0 N–H and O–H groups in total. The van der Waals surface area contributed by atoms with Crippen LogP contribution in [0.15, 0.2) is 48.5 Å². The van der Waals surface area contributed by atoms with E-state index >= 15 is 0 Å². The van der Waals surface area contributed by atoms with Crippen LogP contribution in [-0.4, -0.2) is 35.8 Å². The number of rotatable bonds is 4. The van der Waals surface area contributed by atoms with Crippen LogP contribution < -0.4 is 4.90 Å². The summed E-state index contributed by atoms with van der Waals surface area (Å²) in [6, 6.07) is 15.0. The molecule has 2 aromatic carbocycles. The Balaban J connectivity index is 1.40. The molecule has 0 radical (unpaired) electrons. The van der Waals surface area contributed by atoms with Crippen molar-refractivity contribution >= 4 is 40.7 Å². The lowest BCUT2D eigenvalue weighted by Gasteiger charge is -2.34. The maximum atomic E-state index is 13.0. The van der Waals surface area contributed by atoms with Crippen molar-refractivity contribution in [1.29, 1.82) is 0 Å². The summed E-state index contributed by atoms with van der Waals surface area (Å²) >= 11 is 12.0. The third-order valence-corrected chi connectivity index (χ3v) is 6.48. The molecular weight excluding hydrogens is 395 g/mol. The molecule has 2 aromatic rings. The second kappa shape index (κ2) is 8.24. The van der Waals surface area contributed by atoms with E-state index in [9.17, 15) is 9.59 Å². The number of hydrogen-bond acceptors (Lipinski definition) is 3. The molecule has 0 aromatic heterocycles. The van der Waals surface area contributed by atoms with E-state index in [0.29, 0.717) is 21.7 Å². The van der Waals surface area contributed by atoms with Gasteiger partial charge in [-0.1, -0.05) is 53.5 Å². The zero-order valence-electron chi connectivity index (χ0n) is 15.5. The van der Waals surface area contributed by atoms with Gasteiger partial charge < -0.3 is 0 Å². The molecule has 1 atom stereocenters. The Labute approximate surface area is 175 Å². The molecule has 0 aliphatic carbocycles. The smallest absolute Gasteiger partial charge is 0.251 e. The Hall–Kier alpha value is -1.88. The van der Waals surface area contributed by atoms with Crippen LogP contribution in [0.5, 0.6) is 0 Å². The monoisotopic (exact) mass is 416 g/mol. The van der Waals surface area contributed by atoms with Crippen molar-refractivity contribution in [3.05, 3.63) is 64.1 Å². The van der Waals surface area contributed by atoms with Crippen LogP contribution in [0.2, 0.25) is 10.0 Å². The predicted molar refractivity (Wildman–Crippen MR) is 112 cm³/mol. The molecule has 2 saturated heterocycles. The second-order valence-electron chi connectivity index (χ2n) is 7.55.